The van der Waals surface area contributed by atoms with Crippen LogP contribution in [0.25, 0.3) is 11.0 Å². The average Bonchev–Trinajstić information content (AvgIpc) is 2.53. The van der Waals surface area contributed by atoms with E-state index in [2.05, 4.69) is 0 Å². The van der Waals surface area contributed by atoms with Gasteiger partial charge in [0, 0.05) is 11.0 Å². The monoisotopic (exact) mass is 316 g/mol. The van der Waals surface area contributed by atoms with Crippen molar-refractivity contribution < 1.29 is 12.8 Å². The van der Waals surface area contributed by atoms with Gasteiger partial charge in [-0.05, 0) is 25.1 Å². The molecule has 3 aromatic rings. The van der Waals surface area contributed by atoms with Crippen molar-refractivity contribution in [2.45, 2.75) is 16.8 Å². The number of hydrogen-bond donors (Lipinski definition) is 0. The van der Waals surface area contributed by atoms with E-state index in [1.807, 2.05) is 0 Å². The Labute approximate surface area is 126 Å². The molecule has 0 radical (unpaired) electrons. The number of fused-ring (bicyclic) bond motifs is 1. The van der Waals surface area contributed by atoms with Crippen molar-refractivity contribution in [3.8, 4) is 0 Å². The van der Waals surface area contributed by atoms with E-state index in [1.54, 1.807) is 30.3 Å². The molecule has 6 nitrogen and oxygen atoms in total. The van der Waals surface area contributed by atoms with E-state index < -0.39 is 14.9 Å². The molecule has 0 saturated heterocycles. The molecule has 7 heteroatoms. The third kappa shape index (κ3) is 1.98. The van der Waals surface area contributed by atoms with E-state index in [0.717, 1.165) is 0 Å². The Morgan fingerprint density at radius 1 is 1.00 bits per heavy atom. The van der Waals surface area contributed by atoms with Gasteiger partial charge in [-0.25, -0.2) is 8.42 Å². The Morgan fingerprint density at radius 3 is 2.27 bits per heavy atom. The Kier molecular flexibility index (Phi) is 3.22. The molecule has 1 heterocycles. The van der Waals surface area contributed by atoms with E-state index in [-0.39, 0.29) is 21.6 Å². The Morgan fingerprint density at radius 2 is 1.59 bits per heavy atom. The normalized spacial score (nSPS) is 11.7. The predicted octanol–water partition coefficient (Wildman–Crippen LogP) is 2.04. The summed E-state index contributed by atoms with van der Waals surface area (Å²) in [4.78, 5) is 12.5. The van der Waals surface area contributed by atoms with Gasteiger partial charge < -0.3 is 9.94 Å². The molecule has 0 amide bonds. The summed E-state index contributed by atoms with van der Waals surface area (Å²) < 4.78 is 26.2. The summed E-state index contributed by atoms with van der Waals surface area (Å²) in [5, 5.41) is 11.7. The lowest BCUT2D eigenvalue weighted by Gasteiger charge is -2.16. The Hall–Kier alpha value is -2.67. The summed E-state index contributed by atoms with van der Waals surface area (Å²) in [7, 11) is -4.08. The summed E-state index contributed by atoms with van der Waals surface area (Å²) in [6, 6.07) is 13.6. The number of hydrogen-bond acceptors (Lipinski definition) is 4. The van der Waals surface area contributed by atoms with Crippen LogP contribution in [0.4, 0.5) is 0 Å². The van der Waals surface area contributed by atoms with E-state index in [4.69, 9.17) is 0 Å². The molecule has 3 rings (SSSR count). The highest BCUT2D eigenvalue weighted by molar-refractivity contribution is 7.91. The van der Waals surface area contributed by atoms with Gasteiger partial charge >= 0.3 is 5.03 Å². The third-order valence-electron chi connectivity index (χ3n) is 3.43. The number of aromatic nitrogens is 2. The molecule has 0 unspecified atom stereocenters. The smallest absolute Gasteiger partial charge is 0.376 e. The molecular formula is C15H12N2O4S. The third-order valence-corrected chi connectivity index (χ3v) is 5.29. The summed E-state index contributed by atoms with van der Waals surface area (Å²) >= 11 is 0. The largest absolute Gasteiger partial charge is 0.805 e. The van der Waals surface area contributed by atoms with Gasteiger partial charge in [0.05, 0.1) is 9.32 Å². The zero-order chi connectivity index (χ0) is 15.9. The fourth-order valence-corrected chi connectivity index (χ4v) is 3.87. The number of nitrogens with zero attached hydrogens (tertiary/aromatic N) is 2. The van der Waals surface area contributed by atoms with Crippen LogP contribution >= 0.6 is 0 Å². The first kappa shape index (κ1) is 14.3. The molecular weight excluding hydrogens is 304 g/mol. The van der Waals surface area contributed by atoms with Crippen molar-refractivity contribution in [3.63, 3.8) is 0 Å². The van der Waals surface area contributed by atoms with Crippen molar-refractivity contribution in [2.24, 2.45) is 0 Å². The lowest BCUT2D eigenvalue weighted by atomic mass is 10.3. The molecule has 2 aromatic carbocycles. The highest BCUT2D eigenvalue weighted by Gasteiger charge is 2.33. The topological polar surface area (TPSA) is 85.1 Å². The molecule has 0 bridgehead atoms. The summed E-state index contributed by atoms with van der Waals surface area (Å²) in [5.74, 6) is 0. The van der Waals surface area contributed by atoms with Crippen molar-refractivity contribution in [1.82, 2.24) is 4.73 Å². The minimum Gasteiger partial charge on any atom is -0.805 e. The molecule has 0 atom stereocenters. The van der Waals surface area contributed by atoms with Crippen molar-refractivity contribution >= 4 is 20.9 Å². The standard InChI is InChI=1S/C15H12N2O4S/c1-11-15(22(20,21)12-7-3-2-4-8-12)17(19)14-10-6-5-9-13(14)16(11)18/h2-10H,1H3. The summed E-state index contributed by atoms with van der Waals surface area (Å²) in [6.07, 6.45) is 0. The Bertz CT molecular complexity index is 1020. The number of para-hydroxylation sites is 2. The van der Waals surface area contributed by atoms with E-state index in [9.17, 15) is 18.5 Å². The van der Waals surface area contributed by atoms with Crippen molar-refractivity contribution in [3.05, 3.63) is 70.4 Å². The van der Waals surface area contributed by atoms with Crippen LogP contribution in [0.1, 0.15) is 5.69 Å². The second kappa shape index (κ2) is 4.96. The van der Waals surface area contributed by atoms with Gasteiger partial charge in [0.15, 0.2) is 0 Å². The molecule has 1 aromatic heterocycles. The zero-order valence-corrected chi connectivity index (χ0v) is 12.4. The highest BCUT2D eigenvalue weighted by Crippen LogP contribution is 2.22. The van der Waals surface area contributed by atoms with E-state index in [0.29, 0.717) is 9.16 Å². The quantitative estimate of drug-likeness (QED) is 0.677. The van der Waals surface area contributed by atoms with E-state index in [1.165, 1.54) is 31.2 Å². The maximum atomic E-state index is 12.7. The first-order chi connectivity index (χ1) is 10.4. The number of rotatable bonds is 2. The molecule has 0 saturated carbocycles. The lowest BCUT2D eigenvalue weighted by Crippen LogP contribution is -2.29. The maximum absolute atomic E-state index is 12.7. The average molecular weight is 316 g/mol. The molecule has 22 heavy (non-hydrogen) atoms. The van der Waals surface area contributed by atoms with Crippen molar-refractivity contribution in [1.29, 1.82) is 0 Å². The summed E-state index contributed by atoms with van der Waals surface area (Å²) in [6.45, 7) is 1.32. The molecule has 0 fully saturated rings. The van der Waals surface area contributed by atoms with Gasteiger partial charge in [-0.15, -0.1) is 0 Å². The Balaban J connectivity index is 2.45. The SMILES string of the molecule is Cc1c(S(=O)(=O)c2ccccc2)[n+](=O)c2ccccc2n1[O-]. The van der Waals surface area contributed by atoms with Gasteiger partial charge in [-0.3, -0.25) is 0 Å². The predicted molar refractivity (Wildman–Crippen MR) is 80.7 cm³/mol. The van der Waals surface area contributed by atoms with Crippen LogP contribution in [0.15, 0.2) is 64.5 Å². The van der Waals surface area contributed by atoms with Crippen molar-refractivity contribution in [2.75, 3.05) is 0 Å². The molecule has 0 N–H and O–H groups in total. The highest BCUT2D eigenvalue weighted by atomic mass is 32.2. The van der Waals surface area contributed by atoms with Gasteiger partial charge in [0.25, 0.3) is 15.4 Å². The molecule has 0 aliphatic rings. The second-order valence-corrected chi connectivity index (χ2v) is 6.65. The van der Waals surface area contributed by atoms with Crippen LogP contribution in [0.5, 0.6) is 0 Å². The van der Waals surface area contributed by atoms with Gasteiger partial charge in [-0.1, -0.05) is 30.3 Å². The zero-order valence-electron chi connectivity index (χ0n) is 11.6. The fourth-order valence-electron chi connectivity index (χ4n) is 2.35. The van der Waals surface area contributed by atoms with Gasteiger partial charge in [-0.2, -0.15) is 0 Å². The van der Waals surface area contributed by atoms with Crippen LogP contribution in [0.3, 0.4) is 0 Å². The van der Waals surface area contributed by atoms with Crippen LogP contribution in [0.2, 0.25) is 0 Å². The summed E-state index contributed by atoms with van der Waals surface area (Å²) in [5.41, 5.74) is -0.0165. The maximum Gasteiger partial charge on any atom is 0.376 e. The van der Waals surface area contributed by atoms with Crippen LogP contribution in [0, 0.1) is 17.0 Å². The lowest BCUT2D eigenvalue weighted by molar-refractivity contribution is -0.512. The molecule has 0 aliphatic carbocycles. The molecule has 112 valence electrons. The van der Waals surface area contributed by atoms with Gasteiger partial charge in [0.2, 0.25) is 0 Å². The molecule has 0 spiro atoms. The molecule has 0 aliphatic heterocycles. The second-order valence-electron chi connectivity index (χ2n) is 4.78. The van der Waals surface area contributed by atoms with Crippen LogP contribution < -0.4 is 4.43 Å². The van der Waals surface area contributed by atoms with Crippen LogP contribution in [-0.4, -0.2) is 13.1 Å². The fraction of sp³-hybridized carbons (Fsp3) is 0.0667. The van der Waals surface area contributed by atoms with Gasteiger partial charge in [0.1, 0.15) is 11.2 Å². The minimum atomic E-state index is -4.08. The first-order valence-electron chi connectivity index (χ1n) is 6.49. The minimum absolute atomic E-state index is 0.0117. The first-order valence-corrected chi connectivity index (χ1v) is 7.97. The number of benzene rings is 2. The van der Waals surface area contributed by atoms with Crippen LogP contribution in [-0.2, 0) is 9.84 Å². The number of sulfone groups is 1. The van der Waals surface area contributed by atoms with E-state index >= 15 is 0 Å².